The lowest BCUT2D eigenvalue weighted by Crippen LogP contribution is -2.36. The molecule has 11 heteroatoms. The first-order valence-electron chi connectivity index (χ1n) is 8.14. The molecule has 2 rings (SSSR count). The van der Waals surface area contributed by atoms with Gasteiger partial charge >= 0.3 is 6.18 Å². The van der Waals surface area contributed by atoms with Gasteiger partial charge in [-0.25, -0.2) is 4.98 Å². The Bertz CT molecular complexity index is 797. The zero-order valence-corrected chi connectivity index (χ0v) is 15.5. The van der Waals surface area contributed by atoms with Gasteiger partial charge < -0.3 is 15.2 Å². The molecule has 0 bridgehead atoms. The van der Waals surface area contributed by atoms with E-state index in [1.54, 1.807) is 24.6 Å². The van der Waals surface area contributed by atoms with Crippen LogP contribution in [0.2, 0.25) is 0 Å². The number of nitrogens with zero attached hydrogens (tertiary/aromatic N) is 3. The molecule has 0 spiro atoms. The number of hydrogen-bond acceptors (Lipinski definition) is 5. The van der Waals surface area contributed by atoms with Crippen LogP contribution in [-0.4, -0.2) is 51.2 Å². The molecule has 1 aliphatic heterocycles. The minimum Gasteiger partial charge on any atom is -0.348 e. The summed E-state index contributed by atoms with van der Waals surface area (Å²) in [6, 6.07) is 1.63. The molecule has 2 heterocycles. The van der Waals surface area contributed by atoms with Gasteiger partial charge in [-0.1, -0.05) is 11.8 Å². The predicted octanol–water partition coefficient (Wildman–Crippen LogP) is 2.03. The van der Waals surface area contributed by atoms with Gasteiger partial charge in [0.05, 0.1) is 17.3 Å². The van der Waals surface area contributed by atoms with E-state index in [4.69, 9.17) is 0 Å². The lowest BCUT2D eigenvalue weighted by atomic mass is 10.1. The number of imidazole rings is 1. The van der Waals surface area contributed by atoms with Crippen molar-refractivity contribution in [2.75, 3.05) is 13.1 Å². The number of aryl methyl sites for hydroxylation is 2. The molecule has 0 aliphatic carbocycles. The second-order valence-electron chi connectivity index (χ2n) is 5.79. The second-order valence-corrected chi connectivity index (χ2v) is 6.98. The minimum absolute atomic E-state index is 0.0911. The highest BCUT2D eigenvalue weighted by molar-refractivity contribution is 8.04. The van der Waals surface area contributed by atoms with Crippen molar-refractivity contribution in [2.24, 2.45) is 0 Å². The number of halogens is 3. The van der Waals surface area contributed by atoms with Gasteiger partial charge in [-0.05, 0) is 26.7 Å². The van der Waals surface area contributed by atoms with Crippen LogP contribution in [0.5, 0.6) is 0 Å². The second kappa shape index (κ2) is 8.47. The quantitative estimate of drug-likeness (QED) is 0.561. The van der Waals surface area contributed by atoms with Crippen LogP contribution in [0, 0.1) is 18.3 Å². The summed E-state index contributed by atoms with van der Waals surface area (Å²) >= 11 is 1.03. The molecule has 7 nitrogen and oxygen atoms in total. The molecule has 0 aromatic carbocycles. The van der Waals surface area contributed by atoms with E-state index in [9.17, 15) is 28.0 Å². The first-order chi connectivity index (χ1) is 12.7. The van der Waals surface area contributed by atoms with Crippen LogP contribution >= 0.6 is 11.8 Å². The zero-order chi connectivity index (χ0) is 20.2. The number of aromatic nitrogens is 2. The minimum atomic E-state index is -4.59. The molecule has 1 fully saturated rings. The van der Waals surface area contributed by atoms with Crippen molar-refractivity contribution in [2.45, 2.75) is 38.1 Å². The summed E-state index contributed by atoms with van der Waals surface area (Å²) in [6.07, 6.45) is -2.09. The van der Waals surface area contributed by atoms with Crippen LogP contribution in [-0.2, 0) is 16.0 Å². The highest BCUT2D eigenvalue weighted by Gasteiger charge is 2.39. The molecule has 1 saturated heterocycles. The van der Waals surface area contributed by atoms with Crippen LogP contribution in [0.15, 0.2) is 16.9 Å². The molecule has 0 saturated carbocycles. The van der Waals surface area contributed by atoms with E-state index >= 15 is 0 Å². The van der Waals surface area contributed by atoms with Gasteiger partial charge in [0.2, 0.25) is 5.91 Å². The fourth-order valence-electron chi connectivity index (χ4n) is 2.57. The zero-order valence-electron chi connectivity index (χ0n) is 14.7. The lowest BCUT2D eigenvalue weighted by Gasteiger charge is -2.16. The Morgan fingerprint density at radius 3 is 2.74 bits per heavy atom. The van der Waals surface area contributed by atoms with Gasteiger partial charge in [0, 0.05) is 12.2 Å². The Morgan fingerprint density at radius 1 is 1.52 bits per heavy atom. The number of alkyl halides is 3. The third-order valence-corrected chi connectivity index (χ3v) is 5.31. The Labute approximate surface area is 158 Å². The molecule has 2 amide bonds. The van der Waals surface area contributed by atoms with Gasteiger partial charge in [0.1, 0.15) is 23.2 Å². The van der Waals surface area contributed by atoms with Gasteiger partial charge in [-0.2, -0.15) is 18.4 Å². The standard InChI is InChI=1S/C16H18F3N5O2S/c1-3-24-14(26)12(5-4-11-9(2)22-8-23-11)27-15(24)10(6-20)13(25)21-7-16(17,18)19/h8,12H,3-5,7H2,1-2H3,(H,21,25)(H,22,23)/b15-10-. The lowest BCUT2D eigenvalue weighted by molar-refractivity contribution is -0.136. The fraction of sp³-hybridized carbons (Fsp3) is 0.500. The Hall–Kier alpha value is -2.48. The van der Waals surface area contributed by atoms with E-state index in [1.165, 1.54) is 4.90 Å². The maximum Gasteiger partial charge on any atom is 0.405 e. The number of thioether (sulfide) groups is 1. The van der Waals surface area contributed by atoms with Gasteiger partial charge in [0.25, 0.3) is 5.91 Å². The monoisotopic (exact) mass is 401 g/mol. The van der Waals surface area contributed by atoms with E-state index in [0.717, 1.165) is 23.1 Å². The highest BCUT2D eigenvalue weighted by Crippen LogP contribution is 2.39. The average molecular weight is 401 g/mol. The Balaban J connectivity index is 2.17. The topological polar surface area (TPSA) is 102 Å². The molecule has 27 heavy (non-hydrogen) atoms. The summed E-state index contributed by atoms with van der Waals surface area (Å²) in [5.74, 6) is -1.42. The molecule has 0 radical (unpaired) electrons. The van der Waals surface area contributed by atoms with Gasteiger partial charge in [-0.15, -0.1) is 0 Å². The number of H-pyrrole nitrogens is 1. The third-order valence-electron chi connectivity index (χ3n) is 3.94. The third kappa shape index (κ3) is 5.03. The molecule has 1 aliphatic rings. The van der Waals surface area contributed by atoms with E-state index in [1.807, 2.05) is 6.92 Å². The van der Waals surface area contributed by atoms with Crippen LogP contribution in [0.4, 0.5) is 13.2 Å². The number of nitrogens with one attached hydrogen (secondary N) is 2. The number of rotatable bonds is 6. The largest absolute Gasteiger partial charge is 0.405 e. The SMILES string of the molecule is CCN1C(=O)C(CCc2nc[nH]c2C)S/C1=C(/C#N)C(=O)NCC(F)(F)F. The smallest absolute Gasteiger partial charge is 0.348 e. The number of carbonyl (C=O) groups is 2. The molecular weight excluding hydrogens is 383 g/mol. The number of carbonyl (C=O) groups excluding carboxylic acids is 2. The van der Waals surface area contributed by atoms with Crippen LogP contribution in [0.1, 0.15) is 24.7 Å². The summed E-state index contributed by atoms with van der Waals surface area (Å²) in [6.45, 7) is 2.18. The fourth-order valence-corrected chi connectivity index (χ4v) is 3.91. The van der Waals surface area contributed by atoms with Crippen LogP contribution < -0.4 is 5.32 Å². The summed E-state index contributed by atoms with van der Waals surface area (Å²) in [4.78, 5) is 33.0. The molecule has 1 aromatic heterocycles. The first-order valence-corrected chi connectivity index (χ1v) is 9.02. The van der Waals surface area contributed by atoms with E-state index < -0.39 is 29.5 Å². The molecule has 1 unspecified atom stereocenters. The summed E-state index contributed by atoms with van der Waals surface area (Å²) in [5.41, 5.74) is 1.21. The molecule has 146 valence electrons. The van der Waals surface area contributed by atoms with Crippen molar-refractivity contribution in [1.82, 2.24) is 20.2 Å². The number of amides is 2. The van der Waals surface area contributed by atoms with E-state index in [2.05, 4.69) is 9.97 Å². The average Bonchev–Trinajstić information content (AvgIpc) is 3.14. The number of nitriles is 1. The molecule has 2 N–H and O–H groups in total. The normalized spacial score (nSPS) is 19.2. The molecular formula is C16H18F3N5O2S. The first kappa shape index (κ1) is 20.8. The molecule has 1 atom stereocenters. The Kier molecular flexibility index (Phi) is 6.54. The van der Waals surface area contributed by atoms with Crippen molar-refractivity contribution in [3.05, 3.63) is 28.3 Å². The van der Waals surface area contributed by atoms with Gasteiger partial charge in [0.15, 0.2) is 0 Å². The van der Waals surface area contributed by atoms with Crippen molar-refractivity contribution in [3.8, 4) is 6.07 Å². The van der Waals surface area contributed by atoms with Crippen molar-refractivity contribution in [3.63, 3.8) is 0 Å². The number of hydrogen-bond donors (Lipinski definition) is 2. The van der Waals surface area contributed by atoms with Crippen LogP contribution in [0.3, 0.4) is 0 Å². The maximum absolute atomic E-state index is 12.6. The Morgan fingerprint density at radius 2 is 2.22 bits per heavy atom. The van der Waals surface area contributed by atoms with Crippen LogP contribution in [0.25, 0.3) is 0 Å². The maximum atomic E-state index is 12.6. The van der Waals surface area contributed by atoms with Crippen molar-refractivity contribution in [1.29, 1.82) is 5.26 Å². The van der Waals surface area contributed by atoms with E-state index in [0.29, 0.717) is 12.8 Å². The number of aromatic amines is 1. The predicted molar refractivity (Wildman–Crippen MR) is 92.1 cm³/mol. The summed E-state index contributed by atoms with van der Waals surface area (Å²) < 4.78 is 36.9. The summed E-state index contributed by atoms with van der Waals surface area (Å²) in [5, 5.41) is 10.5. The van der Waals surface area contributed by atoms with Crippen molar-refractivity contribution >= 4 is 23.6 Å². The molecule has 1 aromatic rings. The van der Waals surface area contributed by atoms with Crippen molar-refractivity contribution < 1.29 is 22.8 Å². The van der Waals surface area contributed by atoms with E-state index in [-0.39, 0.29) is 17.5 Å². The highest BCUT2D eigenvalue weighted by atomic mass is 32.2. The summed E-state index contributed by atoms with van der Waals surface area (Å²) in [7, 11) is 0. The van der Waals surface area contributed by atoms with Gasteiger partial charge in [-0.3, -0.25) is 9.59 Å².